The summed E-state index contributed by atoms with van der Waals surface area (Å²) in [7, 11) is 1.60. The smallest absolute Gasteiger partial charge is 0.253 e. The van der Waals surface area contributed by atoms with Gasteiger partial charge in [0.15, 0.2) is 0 Å². The van der Waals surface area contributed by atoms with E-state index in [1.165, 1.54) is 0 Å². The number of benzene rings is 3. The maximum absolute atomic E-state index is 13.3. The number of amides is 2. The fourth-order valence-electron chi connectivity index (χ4n) is 4.27. The fourth-order valence-corrected chi connectivity index (χ4v) is 4.27. The van der Waals surface area contributed by atoms with Gasteiger partial charge in [0.25, 0.3) is 5.91 Å². The lowest BCUT2D eigenvalue weighted by molar-refractivity contribution is -0.126. The second-order valence-electron chi connectivity index (χ2n) is 8.18. The number of ether oxygens (including phenoxy) is 1. The van der Waals surface area contributed by atoms with Gasteiger partial charge in [-0.05, 0) is 41.8 Å². The molecule has 0 bridgehead atoms. The molecule has 4 rings (SSSR count). The number of piperidine rings is 1. The van der Waals surface area contributed by atoms with Crippen LogP contribution in [0.1, 0.15) is 33.8 Å². The van der Waals surface area contributed by atoms with Crippen molar-refractivity contribution in [1.82, 2.24) is 10.2 Å². The van der Waals surface area contributed by atoms with Crippen molar-refractivity contribution in [2.75, 3.05) is 20.2 Å². The second-order valence-corrected chi connectivity index (χ2v) is 8.18. The molecule has 0 aromatic heterocycles. The topological polar surface area (TPSA) is 58.6 Å². The number of rotatable bonds is 6. The first-order valence-electron chi connectivity index (χ1n) is 10.9. The van der Waals surface area contributed by atoms with E-state index in [1.807, 2.05) is 53.4 Å². The molecule has 5 nitrogen and oxygen atoms in total. The first-order valence-corrected chi connectivity index (χ1v) is 10.9. The van der Waals surface area contributed by atoms with E-state index in [0.717, 1.165) is 17.5 Å². The molecule has 3 aromatic rings. The van der Waals surface area contributed by atoms with Crippen LogP contribution in [0.2, 0.25) is 0 Å². The van der Waals surface area contributed by atoms with Crippen molar-refractivity contribution in [3.63, 3.8) is 0 Å². The lowest BCUT2D eigenvalue weighted by Crippen LogP contribution is -2.48. The zero-order valence-corrected chi connectivity index (χ0v) is 18.2. The Morgan fingerprint density at radius 3 is 2.22 bits per heavy atom. The van der Waals surface area contributed by atoms with Crippen molar-refractivity contribution in [1.29, 1.82) is 0 Å². The van der Waals surface area contributed by atoms with Crippen molar-refractivity contribution in [2.45, 2.75) is 18.9 Å². The number of hydrogen-bond acceptors (Lipinski definition) is 3. The van der Waals surface area contributed by atoms with E-state index in [1.54, 1.807) is 31.4 Å². The molecule has 2 unspecified atom stereocenters. The Morgan fingerprint density at radius 2 is 1.56 bits per heavy atom. The number of carbonyl (C=O) groups is 2. The van der Waals surface area contributed by atoms with E-state index in [2.05, 4.69) is 17.4 Å². The van der Waals surface area contributed by atoms with Gasteiger partial charge in [0, 0.05) is 31.1 Å². The molecule has 1 N–H and O–H groups in total. The van der Waals surface area contributed by atoms with Gasteiger partial charge in [-0.25, -0.2) is 0 Å². The normalized spacial score (nSPS) is 18.1. The number of nitrogens with one attached hydrogen (secondary N) is 1. The van der Waals surface area contributed by atoms with Crippen molar-refractivity contribution >= 4 is 11.8 Å². The molecule has 5 heteroatoms. The van der Waals surface area contributed by atoms with Gasteiger partial charge >= 0.3 is 0 Å². The molecular weight excluding hydrogens is 400 g/mol. The van der Waals surface area contributed by atoms with E-state index in [0.29, 0.717) is 30.9 Å². The molecule has 1 heterocycles. The van der Waals surface area contributed by atoms with E-state index in [4.69, 9.17) is 4.74 Å². The summed E-state index contributed by atoms with van der Waals surface area (Å²) >= 11 is 0. The van der Waals surface area contributed by atoms with Gasteiger partial charge in [-0.15, -0.1) is 0 Å². The largest absolute Gasteiger partial charge is 0.497 e. The van der Waals surface area contributed by atoms with E-state index < -0.39 is 0 Å². The molecule has 1 aliphatic heterocycles. The van der Waals surface area contributed by atoms with Crippen molar-refractivity contribution in [2.24, 2.45) is 5.92 Å². The minimum Gasteiger partial charge on any atom is -0.497 e. The summed E-state index contributed by atoms with van der Waals surface area (Å²) in [6, 6.07) is 27.1. The lowest BCUT2D eigenvalue weighted by atomic mass is 9.83. The third kappa shape index (κ3) is 5.17. The van der Waals surface area contributed by atoms with Crippen LogP contribution in [-0.2, 0) is 11.3 Å². The van der Waals surface area contributed by atoms with Crippen molar-refractivity contribution in [3.05, 3.63) is 102 Å². The fraction of sp³-hybridized carbons (Fsp3) is 0.259. The van der Waals surface area contributed by atoms with Gasteiger partial charge in [0.1, 0.15) is 5.75 Å². The van der Waals surface area contributed by atoms with Crippen LogP contribution in [0, 0.1) is 5.92 Å². The highest BCUT2D eigenvalue weighted by molar-refractivity contribution is 5.95. The van der Waals surface area contributed by atoms with Crippen LogP contribution >= 0.6 is 0 Å². The van der Waals surface area contributed by atoms with Crippen LogP contribution in [0.25, 0.3) is 0 Å². The Labute approximate surface area is 189 Å². The van der Waals surface area contributed by atoms with Crippen LogP contribution in [0.4, 0.5) is 0 Å². The number of likely N-dealkylation sites (tertiary alicyclic amines) is 1. The third-order valence-electron chi connectivity index (χ3n) is 6.03. The summed E-state index contributed by atoms with van der Waals surface area (Å²) in [6.07, 6.45) is 0.719. The zero-order valence-electron chi connectivity index (χ0n) is 18.2. The Kier molecular flexibility index (Phi) is 6.85. The summed E-state index contributed by atoms with van der Waals surface area (Å²) in [5.41, 5.74) is 2.81. The summed E-state index contributed by atoms with van der Waals surface area (Å²) in [5, 5.41) is 3.06. The highest BCUT2D eigenvalue weighted by atomic mass is 16.5. The summed E-state index contributed by atoms with van der Waals surface area (Å²) in [5.74, 6) is 0.483. The number of carbonyl (C=O) groups excluding carboxylic acids is 2. The summed E-state index contributed by atoms with van der Waals surface area (Å²) < 4.78 is 5.20. The van der Waals surface area contributed by atoms with Gasteiger partial charge in [0.2, 0.25) is 5.91 Å². The molecule has 2 atom stereocenters. The van der Waals surface area contributed by atoms with E-state index >= 15 is 0 Å². The van der Waals surface area contributed by atoms with E-state index in [-0.39, 0.29) is 23.7 Å². The minimum absolute atomic E-state index is 0.0120. The monoisotopic (exact) mass is 428 g/mol. The van der Waals surface area contributed by atoms with Crippen LogP contribution < -0.4 is 10.1 Å². The SMILES string of the molecule is COc1ccc(C(=O)N2CC(C(=O)NCc3ccccc3)CC(c3ccccc3)C2)cc1. The van der Waals surface area contributed by atoms with Crippen LogP contribution in [0.5, 0.6) is 5.75 Å². The highest BCUT2D eigenvalue weighted by Crippen LogP contribution is 2.31. The van der Waals surface area contributed by atoms with Crippen LogP contribution in [0.15, 0.2) is 84.9 Å². The molecule has 0 saturated carbocycles. The zero-order chi connectivity index (χ0) is 22.3. The standard InChI is InChI=1S/C27H28N2O3/c1-32-25-14-12-22(13-15-25)27(31)29-18-23(21-10-6-3-7-11-21)16-24(19-29)26(30)28-17-20-8-4-2-5-9-20/h2-15,23-24H,16-19H2,1H3,(H,28,30). The molecule has 1 saturated heterocycles. The minimum atomic E-state index is -0.264. The molecular formula is C27H28N2O3. The van der Waals surface area contributed by atoms with Crippen molar-refractivity contribution in [3.8, 4) is 5.75 Å². The number of methoxy groups -OCH3 is 1. The Hall–Kier alpha value is -3.60. The molecule has 164 valence electrons. The maximum Gasteiger partial charge on any atom is 0.253 e. The number of hydrogen-bond donors (Lipinski definition) is 1. The molecule has 3 aromatic carbocycles. The summed E-state index contributed by atoms with van der Waals surface area (Å²) in [4.78, 5) is 28.2. The Balaban J connectivity index is 1.51. The van der Waals surface area contributed by atoms with E-state index in [9.17, 15) is 9.59 Å². The molecule has 32 heavy (non-hydrogen) atoms. The molecule has 0 spiro atoms. The molecule has 1 aliphatic rings. The van der Waals surface area contributed by atoms with Crippen molar-refractivity contribution < 1.29 is 14.3 Å². The average molecular weight is 429 g/mol. The molecule has 2 amide bonds. The van der Waals surface area contributed by atoms with Gasteiger partial charge in [-0.1, -0.05) is 60.7 Å². The molecule has 0 aliphatic carbocycles. The van der Waals surface area contributed by atoms with Gasteiger partial charge in [0.05, 0.1) is 13.0 Å². The quantitative estimate of drug-likeness (QED) is 0.638. The number of nitrogens with zero attached hydrogens (tertiary/aromatic N) is 1. The van der Waals surface area contributed by atoms with Crippen LogP contribution in [0.3, 0.4) is 0 Å². The Bertz CT molecular complexity index is 1040. The van der Waals surface area contributed by atoms with Gasteiger partial charge in [-0.3, -0.25) is 9.59 Å². The second kappa shape index (κ2) is 10.1. The molecule has 0 radical (unpaired) electrons. The van der Waals surface area contributed by atoms with Gasteiger partial charge < -0.3 is 15.0 Å². The van der Waals surface area contributed by atoms with Gasteiger partial charge in [-0.2, -0.15) is 0 Å². The predicted molar refractivity (Wildman–Crippen MR) is 124 cm³/mol. The Morgan fingerprint density at radius 1 is 0.906 bits per heavy atom. The summed E-state index contributed by atoms with van der Waals surface area (Å²) in [6.45, 7) is 1.49. The van der Waals surface area contributed by atoms with Crippen LogP contribution in [-0.4, -0.2) is 36.9 Å². The first kappa shape index (κ1) is 21.6. The molecule has 1 fully saturated rings. The predicted octanol–water partition coefficient (Wildman–Crippen LogP) is 4.26. The first-order chi connectivity index (χ1) is 15.6. The lowest BCUT2D eigenvalue weighted by Gasteiger charge is -2.37. The third-order valence-corrected chi connectivity index (χ3v) is 6.03. The maximum atomic E-state index is 13.3. The highest BCUT2D eigenvalue weighted by Gasteiger charge is 2.34. The average Bonchev–Trinajstić information content (AvgIpc) is 2.87.